The molecule has 0 aromatic carbocycles. The summed E-state index contributed by atoms with van der Waals surface area (Å²) in [7, 11) is 0. The third kappa shape index (κ3) is 3.29. The minimum Gasteiger partial charge on any atom is -0.369 e. The molecule has 1 fully saturated rings. The number of rotatable bonds is 2. The van der Waals surface area contributed by atoms with Gasteiger partial charge in [-0.2, -0.15) is 0 Å². The number of hydrogen-bond donors (Lipinski definition) is 1. The van der Waals surface area contributed by atoms with Crippen LogP contribution in [0.3, 0.4) is 0 Å². The zero-order valence-corrected chi connectivity index (χ0v) is 13.5. The van der Waals surface area contributed by atoms with Crippen molar-refractivity contribution in [1.82, 2.24) is 9.97 Å². The normalized spacial score (nSPS) is 17.9. The number of hydrogen-bond acceptors (Lipinski definition) is 4. The van der Waals surface area contributed by atoms with Gasteiger partial charge in [0.2, 0.25) is 0 Å². The van der Waals surface area contributed by atoms with Gasteiger partial charge in [0.1, 0.15) is 5.82 Å². The van der Waals surface area contributed by atoms with Gasteiger partial charge >= 0.3 is 0 Å². The largest absolute Gasteiger partial charge is 0.369 e. The van der Waals surface area contributed by atoms with Crippen LogP contribution in [0, 0.1) is 0 Å². The fourth-order valence-corrected chi connectivity index (χ4v) is 2.59. The SMILES string of the molecule is CC(C)c1ncc(N2CCC(N)CC2)c(C(C)(C)C)n1. The summed E-state index contributed by atoms with van der Waals surface area (Å²) in [5.74, 6) is 1.30. The second kappa shape index (κ2) is 5.68. The molecule has 1 aromatic heterocycles. The summed E-state index contributed by atoms with van der Waals surface area (Å²) in [5.41, 5.74) is 8.38. The molecule has 4 nitrogen and oxygen atoms in total. The van der Waals surface area contributed by atoms with Crippen molar-refractivity contribution < 1.29 is 0 Å². The molecule has 0 bridgehead atoms. The summed E-state index contributed by atoms with van der Waals surface area (Å²) in [6.45, 7) is 13.0. The topological polar surface area (TPSA) is 55.0 Å². The van der Waals surface area contributed by atoms with Crippen LogP contribution in [0.25, 0.3) is 0 Å². The molecule has 0 unspecified atom stereocenters. The standard InChI is InChI=1S/C16H28N4/c1-11(2)15-18-10-13(14(19-15)16(3,4)5)20-8-6-12(17)7-9-20/h10-12H,6-9,17H2,1-5H3. The lowest BCUT2D eigenvalue weighted by Gasteiger charge is -2.35. The lowest BCUT2D eigenvalue weighted by molar-refractivity contribution is 0.491. The number of piperidine rings is 1. The summed E-state index contributed by atoms with van der Waals surface area (Å²) in [6, 6.07) is 0.347. The molecule has 2 N–H and O–H groups in total. The second-order valence-corrected chi connectivity index (χ2v) is 7.19. The van der Waals surface area contributed by atoms with Crippen molar-refractivity contribution in [1.29, 1.82) is 0 Å². The van der Waals surface area contributed by atoms with E-state index in [1.807, 2.05) is 6.20 Å². The van der Waals surface area contributed by atoms with Gasteiger partial charge in [0.05, 0.1) is 17.6 Å². The van der Waals surface area contributed by atoms with E-state index >= 15 is 0 Å². The van der Waals surface area contributed by atoms with Crippen LogP contribution in [0.1, 0.15) is 64.9 Å². The first-order chi connectivity index (χ1) is 9.29. The van der Waals surface area contributed by atoms with Gasteiger partial charge in [-0.05, 0) is 12.8 Å². The van der Waals surface area contributed by atoms with Gasteiger partial charge in [-0.15, -0.1) is 0 Å². The first kappa shape index (κ1) is 15.2. The maximum absolute atomic E-state index is 6.00. The third-order valence-electron chi connectivity index (χ3n) is 3.90. The lowest BCUT2D eigenvalue weighted by Crippen LogP contribution is -2.41. The minimum absolute atomic E-state index is 0.0292. The molecule has 2 heterocycles. The van der Waals surface area contributed by atoms with Gasteiger partial charge in [0.15, 0.2) is 0 Å². The van der Waals surface area contributed by atoms with E-state index in [0.29, 0.717) is 12.0 Å². The van der Waals surface area contributed by atoms with E-state index in [4.69, 9.17) is 10.7 Å². The van der Waals surface area contributed by atoms with E-state index in [1.165, 1.54) is 5.69 Å². The van der Waals surface area contributed by atoms with Crippen molar-refractivity contribution in [3.8, 4) is 0 Å². The molecule has 0 amide bonds. The fourth-order valence-electron chi connectivity index (χ4n) is 2.59. The maximum atomic E-state index is 6.00. The van der Waals surface area contributed by atoms with Gasteiger partial charge in [-0.3, -0.25) is 0 Å². The Morgan fingerprint density at radius 1 is 1.25 bits per heavy atom. The predicted molar refractivity (Wildman–Crippen MR) is 84.2 cm³/mol. The molecule has 20 heavy (non-hydrogen) atoms. The third-order valence-corrected chi connectivity index (χ3v) is 3.90. The summed E-state index contributed by atoms with van der Waals surface area (Å²) in [5, 5.41) is 0. The summed E-state index contributed by atoms with van der Waals surface area (Å²) in [6.07, 6.45) is 4.12. The minimum atomic E-state index is 0.0292. The second-order valence-electron chi connectivity index (χ2n) is 7.19. The van der Waals surface area contributed by atoms with E-state index in [1.54, 1.807) is 0 Å². The first-order valence-corrected chi connectivity index (χ1v) is 7.67. The Morgan fingerprint density at radius 3 is 2.35 bits per heavy atom. The number of nitrogens with zero attached hydrogens (tertiary/aromatic N) is 3. The van der Waals surface area contributed by atoms with Crippen LogP contribution in [0.4, 0.5) is 5.69 Å². The monoisotopic (exact) mass is 276 g/mol. The Balaban J connectivity index is 2.37. The number of aromatic nitrogens is 2. The molecule has 112 valence electrons. The van der Waals surface area contributed by atoms with Crippen LogP contribution < -0.4 is 10.6 Å². The smallest absolute Gasteiger partial charge is 0.131 e. The maximum Gasteiger partial charge on any atom is 0.131 e. The molecule has 4 heteroatoms. The van der Waals surface area contributed by atoms with Crippen molar-refractivity contribution in [2.45, 2.75) is 64.8 Å². The Labute approximate surface area is 122 Å². The summed E-state index contributed by atoms with van der Waals surface area (Å²) >= 11 is 0. The average Bonchev–Trinajstić information content (AvgIpc) is 2.38. The highest BCUT2D eigenvalue weighted by Crippen LogP contribution is 2.32. The van der Waals surface area contributed by atoms with E-state index in [2.05, 4.69) is 44.5 Å². The molecular weight excluding hydrogens is 248 g/mol. The van der Waals surface area contributed by atoms with E-state index in [9.17, 15) is 0 Å². The molecule has 0 radical (unpaired) electrons. The van der Waals surface area contributed by atoms with Crippen LogP contribution in [0.5, 0.6) is 0 Å². The molecule has 0 spiro atoms. The van der Waals surface area contributed by atoms with Crippen molar-refractivity contribution >= 4 is 5.69 Å². The van der Waals surface area contributed by atoms with Crippen LogP contribution in [-0.4, -0.2) is 29.1 Å². The molecule has 0 saturated carbocycles. The zero-order valence-electron chi connectivity index (χ0n) is 13.5. The molecule has 1 saturated heterocycles. The average molecular weight is 276 g/mol. The molecule has 0 atom stereocenters. The van der Waals surface area contributed by atoms with Crippen LogP contribution in [0.2, 0.25) is 0 Å². The van der Waals surface area contributed by atoms with E-state index in [-0.39, 0.29) is 5.41 Å². The molecule has 1 aliphatic rings. The lowest BCUT2D eigenvalue weighted by atomic mass is 9.89. The van der Waals surface area contributed by atoms with Gasteiger partial charge in [0, 0.05) is 30.5 Å². The Bertz CT molecular complexity index is 454. The zero-order chi connectivity index (χ0) is 14.9. The van der Waals surface area contributed by atoms with E-state index < -0.39 is 0 Å². The van der Waals surface area contributed by atoms with Crippen molar-refractivity contribution in [3.05, 3.63) is 17.7 Å². The number of anilines is 1. The van der Waals surface area contributed by atoms with Gasteiger partial charge in [-0.1, -0.05) is 34.6 Å². The van der Waals surface area contributed by atoms with Gasteiger partial charge in [0.25, 0.3) is 0 Å². The Hall–Kier alpha value is -1.16. The predicted octanol–water partition coefficient (Wildman–Crippen LogP) is 2.83. The fraction of sp³-hybridized carbons (Fsp3) is 0.750. The Morgan fingerprint density at radius 2 is 1.85 bits per heavy atom. The van der Waals surface area contributed by atoms with Crippen molar-refractivity contribution in [2.75, 3.05) is 18.0 Å². The van der Waals surface area contributed by atoms with Gasteiger partial charge in [-0.25, -0.2) is 9.97 Å². The van der Waals surface area contributed by atoms with Gasteiger partial charge < -0.3 is 10.6 Å². The molecule has 1 aliphatic heterocycles. The number of nitrogens with two attached hydrogens (primary N) is 1. The van der Waals surface area contributed by atoms with Crippen LogP contribution in [0.15, 0.2) is 6.20 Å². The molecular formula is C16H28N4. The van der Waals surface area contributed by atoms with Crippen LogP contribution in [-0.2, 0) is 5.41 Å². The highest BCUT2D eigenvalue weighted by atomic mass is 15.2. The van der Waals surface area contributed by atoms with Crippen LogP contribution >= 0.6 is 0 Å². The quantitative estimate of drug-likeness (QED) is 0.902. The van der Waals surface area contributed by atoms with Crippen molar-refractivity contribution in [3.63, 3.8) is 0 Å². The van der Waals surface area contributed by atoms with Crippen molar-refractivity contribution in [2.24, 2.45) is 5.73 Å². The summed E-state index contributed by atoms with van der Waals surface area (Å²) in [4.78, 5) is 11.8. The highest BCUT2D eigenvalue weighted by Gasteiger charge is 2.26. The molecule has 0 aliphatic carbocycles. The molecule has 2 rings (SSSR count). The first-order valence-electron chi connectivity index (χ1n) is 7.67. The summed E-state index contributed by atoms with van der Waals surface area (Å²) < 4.78 is 0. The van der Waals surface area contributed by atoms with E-state index in [0.717, 1.165) is 37.4 Å². The Kier molecular flexibility index (Phi) is 4.33. The highest BCUT2D eigenvalue weighted by molar-refractivity contribution is 5.52. The molecule has 1 aromatic rings.